The van der Waals surface area contributed by atoms with E-state index >= 15 is 4.39 Å². The van der Waals surface area contributed by atoms with Gasteiger partial charge in [0.05, 0.1) is 28.0 Å². The highest BCUT2D eigenvalue weighted by Crippen LogP contribution is 2.42. The number of thioether (sulfide) groups is 1. The molecule has 11 heteroatoms. The number of likely N-dealkylation sites (tertiary alicyclic amines) is 1. The number of nitrogens with zero attached hydrogens (tertiary/aromatic N) is 3. The van der Waals surface area contributed by atoms with Crippen molar-refractivity contribution in [3.63, 3.8) is 0 Å². The average Bonchev–Trinajstić information content (AvgIpc) is 3.35. The zero-order valence-corrected chi connectivity index (χ0v) is 26.4. The number of hydrogen-bond acceptors (Lipinski definition) is 6. The van der Waals surface area contributed by atoms with E-state index in [-0.39, 0.29) is 22.5 Å². The lowest BCUT2D eigenvalue weighted by Gasteiger charge is -2.32. The highest BCUT2D eigenvalue weighted by molar-refractivity contribution is 7.98. The van der Waals surface area contributed by atoms with E-state index in [0.717, 1.165) is 17.9 Å². The van der Waals surface area contributed by atoms with Gasteiger partial charge in [0.25, 0.3) is 0 Å². The summed E-state index contributed by atoms with van der Waals surface area (Å²) in [5, 5.41) is 12.9. The number of carboxylic acid groups (broad SMARTS) is 1. The van der Waals surface area contributed by atoms with Gasteiger partial charge in [-0.1, -0.05) is 41.4 Å². The molecule has 3 aromatic rings. The van der Waals surface area contributed by atoms with Crippen molar-refractivity contribution in [2.45, 2.75) is 37.3 Å². The number of benzene rings is 3. The Morgan fingerprint density at radius 2 is 1.95 bits per heavy atom. The number of nitrogens with one attached hydrogen (secondary N) is 1. The molecule has 43 heavy (non-hydrogen) atoms. The Labute approximate surface area is 266 Å². The third-order valence-corrected chi connectivity index (χ3v) is 9.07. The molecule has 0 saturated carbocycles. The van der Waals surface area contributed by atoms with Crippen LogP contribution in [0.3, 0.4) is 0 Å². The van der Waals surface area contributed by atoms with Gasteiger partial charge in [-0.15, -0.1) is 0 Å². The maximum absolute atomic E-state index is 15.5. The molecule has 1 aliphatic heterocycles. The fourth-order valence-corrected chi connectivity index (χ4v) is 6.59. The zero-order valence-electron chi connectivity index (χ0n) is 24.1. The molecule has 0 radical (unpaired) electrons. The standard InChI is InChI=1S/C32H35Cl2FN4O3S/c1-36-27-17-20(32(41)42)11-12-28(27)38(2)15-13-23-19-25(24-9-5-10-26(34)29(24)35)30(39(23)14-6-16-43-3)31(40)37-22-8-4-7-21(33)18-22/h4-5,7-12,17-18,23,25,30H,1,6,13-16,19H2,2-3H3,(H,37,40)(H,41,42)/t23-,25?,30+/m0/s1. The van der Waals surface area contributed by atoms with Crippen LogP contribution in [0.15, 0.2) is 65.7 Å². The molecule has 0 bridgehead atoms. The molecule has 228 valence electrons. The normalized spacial score (nSPS) is 18.4. The van der Waals surface area contributed by atoms with E-state index in [9.17, 15) is 14.7 Å². The van der Waals surface area contributed by atoms with Gasteiger partial charge >= 0.3 is 5.97 Å². The zero-order chi connectivity index (χ0) is 31.1. The number of hydrogen-bond donors (Lipinski definition) is 2. The van der Waals surface area contributed by atoms with E-state index in [0.29, 0.717) is 47.9 Å². The number of rotatable bonds is 13. The largest absolute Gasteiger partial charge is 0.478 e. The second-order valence-corrected chi connectivity index (χ2v) is 12.4. The predicted octanol–water partition coefficient (Wildman–Crippen LogP) is 7.61. The molecular formula is C32H35Cl2FN4O3S. The molecule has 7 nitrogen and oxygen atoms in total. The molecule has 1 fully saturated rings. The first-order chi connectivity index (χ1) is 20.6. The summed E-state index contributed by atoms with van der Waals surface area (Å²) in [5.41, 5.74) is 2.36. The van der Waals surface area contributed by atoms with E-state index in [1.165, 1.54) is 12.1 Å². The van der Waals surface area contributed by atoms with Gasteiger partial charge in [-0.05, 0) is 86.0 Å². The Kier molecular flexibility index (Phi) is 11.5. The molecule has 0 aromatic heterocycles. The number of aliphatic imine (C=N–C) groups is 1. The van der Waals surface area contributed by atoms with Crippen molar-refractivity contribution in [2.24, 2.45) is 4.99 Å². The number of carboxylic acids is 1. The van der Waals surface area contributed by atoms with E-state index in [1.807, 2.05) is 18.2 Å². The van der Waals surface area contributed by atoms with Gasteiger partial charge in [0.1, 0.15) is 5.82 Å². The lowest BCUT2D eigenvalue weighted by Crippen LogP contribution is -2.46. The molecule has 4 rings (SSSR count). The quantitative estimate of drug-likeness (QED) is 0.147. The highest BCUT2D eigenvalue weighted by atomic mass is 35.5. The minimum absolute atomic E-state index is 0.0258. The Morgan fingerprint density at radius 3 is 2.65 bits per heavy atom. The molecule has 1 saturated heterocycles. The first-order valence-corrected chi connectivity index (χ1v) is 16.1. The van der Waals surface area contributed by atoms with Crippen molar-refractivity contribution < 1.29 is 19.1 Å². The first kappa shape index (κ1) is 32.8. The average molecular weight is 646 g/mol. The van der Waals surface area contributed by atoms with E-state index in [4.69, 9.17) is 23.2 Å². The Bertz CT molecular complexity index is 1480. The topological polar surface area (TPSA) is 85.2 Å². The summed E-state index contributed by atoms with van der Waals surface area (Å²) in [7, 11) is 1.91. The van der Waals surface area contributed by atoms with Gasteiger partial charge in [0.15, 0.2) is 0 Å². The molecule has 3 atom stereocenters. The third kappa shape index (κ3) is 7.89. The van der Waals surface area contributed by atoms with Gasteiger partial charge in [0.2, 0.25) is 5.91 Å². The summed E-state index contributed by atoms with van der Waals surface area (Å²) < 4.78 is 15.5. The van der Waals surface area contributed by atoms with Crippen LogP contribution >= 0.6 is 35.0 Å². The molecular weight excluding hydrogens is 610 g/mol. The van der Waals surface area contributed by atoms with Crippen molar-refractivity contribution in [3.05, 3.63) is 87.7 Å². The Hall–Kier alpha value is -3.11. The fraction of sp³-hybridized carbons (Fsp3) is 0.344. The van der Waals surface area contributed by atoms with Crippen LogP contribution in [0.4, 0.5) is 21.5 Å². The van der Waals surface area contributed by atoms with Crippen molar-refractivity contribution >= 4 is 70.6 Å². The van der Waals surface area contributed by atoms with Gasteiger partial charge in [-0.2, -0.15) is 11.8 Å². The van der Waals surface area contributed by atoms with Crippen molar-refractivity contribution in [1.82, 2.24) is 4.90 Å². The van der Waals surface area contributed by atoms with Crippen LogP contribution in [0.5, 0.6) is 0 Å². The van der Waals surface area contributed by atoms with Crippen LogP contribution in [0, 0.1) is 5.82 Å². The Balaban J connectivity index is 1.65. The molecule has 0 spiro atoms. The second-order valence-electron chi connectivity index (χ2n) is 10.5. The first-order valence-electron chi connectivity index (χ1n) is 13.9. The smallest absolute Gasteiger partial charge is 0.335 e. The maximum atomic E-state index is 15.5. The fourth-order valence-electron chi connectivity index (χ4n) is 5.80. The maximum Gasteiger partial charge on any atom is 0.335 e. The molecule has 1 unspecified atom stereocenters. The molecule has 1 heterocycles. The van der Waals surface area contributed by atoms with Crippen LogP contribution in [-0.4, -0.2) is 72.8 Å². The summed E-state index contributed by atoms with van der Waals surface area (Å²) in [5.74, 6) is -1.27. The molecule has 0 aliphatic carbocycles. The van der Waals surface area contributed by atoms with Crippen LogP contribution in [0.25, 0.3) is 0 Å². The van der Waals surface area contributed by atoms with Crippen LogP contribution in [-0.2, 0) is 4.79 Å². The number of carbonyl (C=O) groups excluding carboxylic acids is 1. The summed E-state index contributed by atoms with van der Waals surface area (Å²) >= 11 is 14.1. The molecule has 1 aliphatic rings. The Morgan fingerprint density at radius 1 is 1.19 bits per heavy atom. The third-order valence-electron chi connectivity index (χ3n) is 7.84. The van der Waals surface area contributed by atoms with E-state index in [1.54, 1.807) is 60.3 Å². The van der Waals surface area contributed by atoms with Crippen molar-refractivity contribution in [1.29, 1.82) is 0 Å². The minimum Gasteiger partial charge on any atom is -0.478 e. The summed E-state index contributed by atoms with van der Waals surface area (Å²) in [6, 6.07) is 16.0. The number of halogens is 3. The van der Waals surface area contributed by atoms with E-state index in [2.05, 4.69) is 21.9 Å². The van der Waals surface area contributed by atoms with Gasteiger partial charge in [-0.3, -0.25) is 14.7 Å². The predicted molar refractivity (Wildman–Crippen MR) is 177 cm³/mol. The highest BCUT2D eigenvalue weighted by Gasteiger charge is 2.46. The monoisotopic (exact) mass is 644 g/mol. The lowest BCUT2D eigenvalue weighted by atomic mass is 9.89. The van der Waals surface area contributed by atoms with Gasteiger partial charge < -0.3 is 15.3 Å². The van der Waals surface area contributed by atoms with E-state index < -0.39 is 23.7 Å². The number of aromatic carboxylic acids is 1. The van der Waals surface area contributed by atoms with Gasteiger partial charge in [-0.25, -0.2) is 9.18 Å². The summed E-state index contributed by atoms with van der Waals surface area (Å²) in [6.45, 7) is 4.87. The SMILES string of the molecule is C=Nc1cc(C(=O)O)ccc1N(C)CC[C@H]1CC(c2cccc(Cl)c2F)[C@H](C(=O)Nc2cccc(Cl)c2)N1CCCSC. The lowest BCUT2D eigenvalue weighted by molar-refractivity contribution is -0.121. The summed E-state index contributed by atoms with van der Waals surface area (Å²) in [4.78, 5) is 33.7. The second kappa shape index (κ2) is 15.1. The summed E-state index contributed by atoms with van der Waals surface area (Å²) in [6.07, 6.45) is 4.14. The van der Waals surface area contributed by atoms with Gasteiger partial charge in [0, 0.05) is 42.8 Å². The molecule has 2 N–H and O–H groups in total. The minimum atomic E-state index is -1.03. The molecule has 1 amide bonds. The van der Waals surface area contributed by atoms with Crippen LogP contribution < -0.4 is 10.2 Å². The number of anilines is 2. The van der Waals surface area contributed by atoms with Crippen LogP contribution in [0.1, 0.15) is 41.1 Å². The number of carbonyl (C=O) groups is 2. The van der Waals surface area contributed by atoms with Crippen molar-refractivity contribution in [2.75, 3.05) is 42.4 Å². The van der Waals surface area contributed by atoms with Crippen molar-refractivity contribution in [3.8, 4) is 0 Å². The van der Waals surface area contributed by atoms with Crippen LogP contribution in [0.2, 0.25) is 10.0 Å². The molecule has 3 aromatic carbocycles. The number of amides is 1.